The maximum Gasteiger partial charge on any atom is 0.182 e. The number of methoxy groups -OCH3 is 2. The molecule has 0 radical (unpaired) electrons. The van der Waals surface area contributed by atoms with Crippen LogP contribution in [0, 0.1) is 4.77 Å². The summed E-state index contributed by atoms with van der Waals surface area (Å²) in [6, 6.07) is 11.3. The summed E-state index contributed by atoms with van der Waals surface area (Å²) in [5, 5.41) is 0.658. The van der Waals surface area contributed by atoms with Gasteiger partial charge in [-0.3, -0.25) is 4.57 Å². The van der Waals surface area contributed by atoms with Crippen molar-refractivity contribution in [3.05, 3.63) is 46.2 Å². The fourth-order valence-electron chi connectivity index (χ4n) is 2.30. The molecule has 0 amide bonds. The molecule has 1 heterocycles. The van der Waals surface area contributed by atoms with Crippen LogP contribution < -0.4 is 9.47 Å². The van der Waals surface area contributed by atoms with Gasteiger partial charge in [-0.1, -0.05) is 11.6 Å². The molecule has 108 valence electrons. The molecule has 1 aromatic heterocycles. The van der Waals surface area contributed by atoms with E-state index in [1.165, 1.54) is 0 Å². The summed E-state index contributed by atoms with van der Waals surface area (Å²) in [4.78, 5) is 3.17. The van der Waals surface area contributed by atoms with E-state index in [2.05, 4.69) is 4.98 Å². The van der Waals surface area contributed by atoms with E-state index >= 15 is 0 Å². The Balaban J connectivity index is 2.27. The summed E-state index contributed by atoms with van der Waals surface area (Å²) in [5.41, 5.74) is 2.73. The Kier molecular flexibility index (Phi) is 3.61. The number of hydrogen-bond donors (Lipinski definition) is 1. The number of nitrogens with zero attached hydrogens (tertiary/aromatic N) is 1. The van der Waals surface area contributed by atoms with E-state index in [-0.39, 0.29) is 0 Å². The molecule has 0 aliphatic carbocycles. The summed E-state index contributed by atoms with van der Waals surface area (Å²) in [6.45, 7) is 0. The maximum absolute atomic E-state index is 6.09. The summed E-state index contributed by atoms with van der Waals surface area (Å²) in [5.74, 6) is 1.32. The average Bonchev–Trinajstić information content (AvgIpc) is 2.81. The van der Waals surface area contributed by atoms with Gasteiger partial charge < -0.3 is 14.5 Å². The number of rotatable bonds is 3. The zero-order valence-electron chi connectivity index (χ0n) is 11.5. The quantitative estimate of drug-likeness (QED) is 0.729. The molecule has 2 aromatic carbocycles. The van der Waals surface area contributed by atoms with Crippen LogP contribution in [0.25, 0.3) is 16.7 Å². The van der Waals surface area contributed by atoms with Gasteiger partial charge in [0.1, 0.15) is 0 Å². The van der Waals surface area contributed by atoms with Crippen LogP contribution in [0.15, 0.2) is 36.4 Å². The lowest BCUT2D eigenvalue weighted by Crippen LogP contribution is -1.97. The monoisotopic (exact) mass is 320 g/mol. The first-order chi connectivity index (χ1) is 10.1. The molecule has 0 aliphatic rings. The third kappa shape index (κ3) is 2.39. The number of hydrogen-bond acceptors (Lipinski definition) is 3. The van der Waals surface area contributed by atoms with Crippen molar-refractivity contribution in [2.75, 3.05) is 14.2 Å². The topological polar surface area (TPSA) is 39.2 Å². The van der Waals surface area contributed by atoms with Crippen LogP contribution in [-0.2, 0) is 0 Å². The van der Waals surface area contributed by atoms with Crippen molar-refractivity contribution in [1.82, 2.24) is 9.55 Å². The van der Waals surface area contributed by atoms with Crippen molar-refractivity contribution in [1.29, 1.82) is 0 Å². The van der Waals surface area contributed by atoms with Gasteiger partial charge in [-0.15, -0.1) is 0 Å². The molecule has 21 heavy (non-hydrogen) atoms. The van der Waals surface area contributed by atoms with Crippen LogP contribution in [0.1, 0.15) is 0 Å². The highest BCUT2D eigenvalue weighted by atomic mass is 35.5. The SMILES string of the molecule is COc1ccc(-n2c(=S)[nH]c3ccc(Cl)cc32)cc1OC. The van der Waals surface area contributed by atoms with Crippen LogP contribution in [0.4, 0.5) is 0 Å². The van der Waals surface area contributed by atoms with Gasteiger partial charge in [0.15, 0.2) is 16.3 Å². The first-order valence-electron chi connectivity index (χ1n) is 6.26. The predicted molar refractivity (Wildman–Crippen MR) is 86.6 cm³/mol. The molecule has 4 nitrogen and oxygen atoms in total. The number of fused-ring (bicyclic) bond motifs is 1. The minimum absolute atomic E-state index is 0.597. The molecule has 0 spiro atoms. The number of nitrogens with one attached hydrogen (secondary N) is 1. The molecule has 1 N–H and O–H groups in total. The Morgan fingerprint density at radius 3 is 2.52 bits per heavy atom. The van der Waals surface area contributed by atoms with E-state index in [0.29, 0.717) is 21.3 Å². The van der Waals surface area contributed by atoms with Gasteiger partial charge in [0.05, 0.1) is 30.9 Å². The van der Waals surface area contributed by atoms with Crippen molar-refractivity contribution in [3.63, 3.8) is 0 Å². The van der Waals surface area contributed by atoms with Gasteiger partial charge in [-0.25, -0.2) is 0 Å². The lowest BCUT2D eigenvalue weighted by Gasteiger charge is -2.11. The van der Waals surface area contributed by atoms with Gasteiger partial charge in [-0.2, -0.15) is 0 Å². The zero-order valence-corrected chi connectivity index (χ0v) is 13.1. The second-order valence-electron chi connectivity index (χ2n) is 4.47. The summed E-state index contributed by atoms with van der Waals surface area (Å²) < 4.78 is 13.1. The minimum atomic E-state index is 0.597. The Morgan fingerprint density at radius 2 is 1.81 bits per heavy atom. The molecule has 0 atom stereocenters. The number of aromatic amines is 1. The number of halogens is 1. The molecule has 0 saturated heterocycles. The van der Waals surface area contributed by atoms with E-state index < -0.39 is 0 Å². The number of aromatic nitrogens is 2. The molecule has 6 heteroatoms. The molecular weight excluding hydrogens is 308 g/mol. The second-order valence-corrected chi connectivity index (χ2v) is 5.29. The van der Waals surface area contributed by atoms with E-state index in [4.69, 9.17) is 33.3 Å². The molecule has 0 fully saturated rings. The lowest BCUT2D eigenvalue weighted by atomic mass is 10.2. The second kappa shape index (κ2) is 5.42. The third-order valence-electron chi connectivity index (χ3n) is 3.27. The summed E-state index contributed by atoms with van der Waals surface area (Å²) in [6.07, 6.45) is 0. The number of imidazole rings is 1. The summed E-state index contributed by atoms with van der Waals surface area (Å²) >= 11 is 11.5. The van der Waals surface area contributed by atoms with E-state index in [1.54, 1.807) is 14.2 Å². The lowest BCUT2D eigenvalue weighted by molar-refractivity contribution is 0.355. The third-order valence-corrected chi connectivity index (χ3v) is 3.79. The smallest absolute Gasteiger partial charge is 0.182 e. The Labute approximate surface area is 131 Å². The standard InChI is InChI=1S/C15H13ClN2O2S/c1-19-13-6-4-10(8-14(13)20-2)18-12-7-9(16)3-5-11(12)17-15(18)21/h3-8H,1-2H3,(H,17,21). The van der Waals surface area contributed by atoms with Crippen molar-refractivity contribution < 1.29 is 9.47 Å². The predicted octanol–water partition coefficient (Wildman–Crippen LogP) is 4.36. The van der Waals surface area contributed by atoms with Crippen LogP contribution >= 0.6 is 23.8 Å². The fourth-order valence-corrected chi connectivity index (χ4v) is 2.78. The number of ether oxygens (including phenoxy) is 2. The first kappa shape index (κ1) is 14.0. The van der Waals surface area contributed by atoms with Crippen molar-refractivity contribution >= 4 is 34.9 Å². The molecule has 3 aromatic rings. The molecule has 0 aliphatic heterocycles. The van der Waals surface area contributed by atoms with Crippen LogP contribution in [0.5, 0.6) is 11.5 Å². The molecule has 0 saturated carbocycles. The highest BCUT2D eigenvalue weighted by Crippen LogP contribution is 2.31. The Morgan fingerprint density at radius 1 is 1.05 bits per heavy atom. The van der Waals surface area contributed by atoms with E-state index in [9.17, 15) is 0 Å². The van der Waals surface area contributed by atoms with Crippen LogP contribution in [0.2, 0.25) is 5.02 Å². The first-order valence-corrected chi connectivity index (χ1v) is 7.05. The largest absolute Gasteiger partial charge is 0.493 e. The normalized spacial score (nSPS) is 10.8. The maximum atomic E-state index is 6.09. The van der Waals surface area contributed by atoms with Crippen molar-refractivity contribution in [3.8, 4) is 17.2 Å². The molecular formula is C15H13ClN2O2S. The molecule has 0 unspecified atom stereocenters. The van der Waals surface area contributed by atoms with Gasteiger partial charge in [0.25, 0.3) is 0 Å². The Hall–Kier alpha value is -1.98. The zero-order chi connectivity index (χ0) is 15.0. The van der Waals surface area contributed by atoms with Crippen molar-refractivity contribution in [2.24, 2.45) is 0 Å². The van der Waals surface area contributed by atoms with E-state index in [1.807, 2.05) is 41.0 Å². The van der Waals surface area contributed by atoms with Crippen LogP contribution in [0.3, 0.4) is 0 Å². The highest BCUT2D eigenvalue weighted by molar-refractivity contribution is 7.71. The fraction of sp³-hybridized carbons (Fsp3) is 0.133. The molecule has 3 rings (SSSR count). The average molecular weight is 321 g/mol. The van der Waals surface area contributed by atoms with Gasteiger partial charge in [0, 0.05) is 11.1 Å². The van der Waals surface area contributed by atoms with Gasteiger partial charge >= 0.3 is 0 Å². The minimum Gasteiger partial charge on any atom is -0.493 e. The van der Waals surface area contributed by atoms with Gasteiger partial charge in [-0.05, 0) is 42.5 Å². The van der Waals surface area contributed by atoms with Gasteiger partial charge in [0.2, 0.25) is 0 Å². The molecule has 0 bridgehead atoms. The summed E-state index contributed by atoms with van der Waals surface area (Å²) in [7, 11) is 3.21. The Bertz CT molecular complexity index is 870. The van der Waals surface area contributed by atoms with Crippen LogP contribution in [-0.4, -0.2) is 23.8 Å². The number of benzene rings is 2. The van der Waals surface area contributed by atoms with E-state index in [0.717, 1.165) is 16.7 Å². The number of H-pyrrole nitrogens is 1. The van der Waals surface area contributed by atoms with Crippen molar-refractivity contribution in [2.45, 2.75) is 0 Å². The highest BCUT2D eigenvalue weighted by Gasteiger charge is 2.10.